The lowest BCUT2D eigenvalue weighted by Crippen LogP contribution is -2.02. The summed E-state index contributed by atoms with van der Waals surface area (Å²) in [6, 6.07) is 3.66. The molecule has 2 heterocycles. The molecule has 0 atom stereocenters. The van der Waals surface area contributed by atoms with Crippen LogP contribution in [0, 0.1) is 6.92 Å². The van der Waals surface area contributed by atoms with E-state index in [9.17, 15) is 4.79 Å². The van der Waals surface area contributed by atoms with E-state index in [1.165, 1.54) is 23.1 Å². The van der Waals surface area contributed by atoms with Crippen molar-refractivity contribution in [2.45, 2.75) is 12.1 Å². The van der Waals surface area contributed by atoms with Crippen molar-refractivity contribution in [1.82, 2.24) is 9.97 Å². The molecule has 7 heteroatoms. The minimum absolute atomic E-state index is 0.0685. The van der Waals surface area contributed by atoms with Crippen molar-refractivity contribution in [2.24, 2.45) is 0 Å². The number of halogens is 2. The SMILES string of the molecule is Cc1ccnc(SCC(=O)c2cc(Br)sc2Br)n1. The van der Waals surface area contributed by atoms with E-state index in [-0.39, 0.29) is 5.78 Å². The van der Waals surface area contributed by atoms with Crippen LogP contribution in [-0.2, 0) is 0 Å². The summed E-state index contributed by atoms with van der Waals surface area (Å²) in [5.41, 5.74) is 1.60. The number of thioether (sulfide) groups is 1. The maximum atomic E-state index is 12.0. The average Bonchev–Trinajstić information content (AvgIpc) is 2.66. The molecule has 0 fully saturated rings. The van der Waals surface area contributed by atoms with Crippen LogP contribution in [0.15, 0.2) is 31.1 Å². The average molecular weight is 408 g/mol. The lowest BCUT2D eigenvalue weighted by Gasteiger charge is -2.00. The van der Waals surface area contributed by atoms with Gasteiger partial charge in [0.15, 0.2) is 10.9 Å². The van der Waals surface area contributed by atoms with Gasteiger partial charge >= 0.3 is 0 Å². The van der Waals surface area contributed by atoms with Crippen molar-refractivity contribution < 1.29 is 4.79 Å². The Morgan fingerprint density at radius 1 is 1.50 bits per heavy atom. The van der Waals surface area contributed by atoms with E-state index in [1.54, 1.807) is 6.20 Å². The van der Waals surface area contributed by atoms with E-state index in [2.05, 4.69) is 41.8 Å². The molecule has 2 rings (SSSR count). The molecule has 0 saturated heterocycles. The van der Waals surface area contributed by atoms with Gasteiger partial charge in [-0.3, -0.25) is 4.79 Å². The number of aromatic nitrogens is 2. The zero-order valence-corrected chi connectivity index (χ0v) is 14.1. The fourth-order valence-electron chi connectivity index (χ4n) is 1.23. The van der Waals surface area contributed by atoms with Crippen LogP contribution in [-0.4, -0.2) is 21.5 Å². The van der Waals surface area contributed by atoms with Crippen molar-refractivity contribution in [1.29, 1.82) is 0 Å². The van der Waals surface area contributed by atoms with Gasteiger partial charge in [-0.1, -0.05) is 11.8 Å². The second-order valence-electron chi connectivity index (χ2n) is 3.43. The van der Waals surface area contributed by atoms with Gasteiger partial charge in [-0.25, -0.2) is 9.97 Å². The first-order chi connectivity index (χ1) is 8.56. The summed E-state index contributed by atoms with van der Waals surface area (Å²) in [6.45, 7) is 1.90. The van der Waals surface area contributed by atoms with Gasteiger partial charge in [0, 0.05) is 17.5 Å². The third-order valence-corrected chi connectivity index (χ3v) is 5.26. The third kappa shape index (κ3) is 3.63. The number of Topliss-reactive ketones (excluding diaryl/α,β-unsaturated/α-hetero) is 1. The van der Waals surface area contributed by atoms with Crippen LogP contribution in [0.1, 0.15) is 16.1 Å². The molecule has 2 aromatic rings. The number of thiophene rings is 1. The van der Waals surface area contributed by atoms with Crippen LogP contribution >= 0.6 is 55.0 Å². The third-order valence-electron chi connectivity index (χ3n) is 2.06. The lowest BCUT2D eigenvalue weighted by atomic mass is 10.2. The summed E-state index contributed by atoms with van der Waals surface area (Å²) < 4.78 is 1.79. The Bertz CT molecular complexity index is 586. The van der Waals surface area contributed by atoms with Crippen LogP contribution < -0.4 is 0 Å². The number of ketones is 1. The number of carbonyl (C=O) groups is 1. The standard InChI is InChI=1S/C11H8Br2N2OS2/c1-6-2-3-14-11(15-6)17-5-8(16)7-4-9(12)18-10(7)13/h2-4H,5H2,1H3. The summed E-state index contributed by atoms with van der Waals surface area (Å²) in [7, 11) is 0. The molecule has 0 N–H and O–H groups in total. The molecule has 0 saturated carbocycles. The van der Waals surface area contributed by atoms with Crippen LogP contribution in [0.4, 0.5) is 0 Å². The molecule has 2 aromatic heterocycles. The predicted molar refractivity (Wildman–Crippen MR) is 81.5 cm³/mol. The number of rotatable bonds is 4. The van der Waals surface area contributed by atoms with Crippen LogP contribution in [0.2, 0.25) is 0 Å². The Balaban J connectivity index is 2.03. The van der Waals surface area contributed by atoms with E-state index in [0.717, 1.165) is 13.3 Å². The molecule has 0 bridgehead atoms. The molecule has 0 spiro atoms. The first-order valence-electron chi connectivity index (χ1n) is 4.97. The highest BCUT2D eigenvalue weighted by atomic mass is 79.9. The minimum Gasteiger partial charge on any atom is -0.293 e. The maximum Gasteiger partial charge on any atom is 0.188 e. The first-order valence-corrected chi connectivity index (χ1v) is 8.35. The van der Waals surface area contributed by atoms with E-state index in [1.807, 2.05) is 19.1 Å². The highest BCUT2D eigenvalue weighted by Gasteiger charge is 2.14. The highest BCUT2D eigenvalue weighted by Crippen LogP contribution is 2.32. The lowest BCUT2D eigenvalue weighted by molar-refractivity contribution is 0.102. The van der Waals surface area contributed by atoms with E-state index in [4.69, 9.17) is 0 Å². The van der Waals surface area contributed by atoms with Crippen LogP contribution in [0.25, 0.3) is 0 Å². The smallest absolute Gasteiger partial charge is 0.188 e. The van der Waals surface area contributed by atoms with Crippen molar-refractivity contribution in [3.63, 3.8) is 0 Å². The molecule has 0 aliphatic rings. The summed E-state index contributed by atoms with van der Waals surface area (Å²) in [5, 5.41) is 0.633. The predicted octanol–water partition coefficient (Wildman–Crippen LogP) is 4.35. The Kier molecular flexibility index (Phi) is 4.94. The molecule has 0 aromatic carbocycles. The van der Waals surface area contributed by atoms with E-state index >= 15 is 0 Å². The zero-order chi connectivity index (χ0) is 13.1. The van der Waals surface area contributed by atoms with E-state index in [0.29, 0.717) is 16.5 Å². The number of nitrogens with zero attached hydrogens (tertiary/aromatic N) is 2. The van der Waals surface area contributed by atoms with Crippen molar-refractivity contribution in [2.75, 3.05) is 5.75 Å². The maximum absolute atomic E-state index is 12.0. The normalized spacial score (nSPS) is 10.6. The van der Waals surface area contributed by atoms with E-state index < -0.39 is 0 Å². The van der Waals surface area contributed by atoms with Gasteiger partial charge in [0.1, 0.15) is 0 Å². The Hall–Kier alpha value is -0.240. The van der Waals surface area contributed by atoms with Gasteiger partial charge in [-0.2, -0.15) is 0 Å². The topological polar surface area (TPSA) is 42.9 Å². The monoisotopic (exact) mass is 406 g/mol. The summed E-state index contributed by atoms with van der Waals surface area (Å²) in [6.07, 6.45) is 1.70. The highest BCUT2D eigenvalue weighted by molar-refractivity contribution is 9.12. The number of carbonyl (C=O) groups excluding carboxylic acids is 1. The van der Waals surface area contributed by atoms with Crippen LogP contribution in [0.5, 0.6) is 0 Å². The Labute approximate surface area is 130 Å². The van der Waals surface area contributed by atoms with Gasteiger partial charge in [-0.05, 0) is 50.9 Å². The molecule has 0 aliphatic heterocycles. The van der Waals surface area contributed by atoms with Gasteiger partial charge in [0.25, 0.3) is 0 Å². The van der Waals surface area contributed by atoms with Gasteiger partial charge in [0.2, 0.25) is 0 Å². The van der Waals surface area contributed by atoms with Crippen LogP contribution in [0.3, 0.4) is 0 Å². The van der Waals surface area contributed by atoms with Gasteiger partial charge < -0.3 is 0 Å². The van der Waals surface area contributed by atoms with Crippen molar-refractivity contribution >= 4 is 60.7 Å². The fourth-order valence-corrected chi connectivity index (χ4v) is 4.85. The molecular formula is C11H8Br2N2OS2. The largest absolute Gasteiger partial charge is 0.293 e. The molecule has 3 nitrogen and oxygen atoms in total. The summed E-state index contributed by atoms with van der Waals surface area (Å²) in [4.78, 5) is 20.4. The second kappa shape index (κ2) is 6.27. The molecule has 0 radical (unpaired) electrons. The fraction of sp³-hybridized carbons (Fsp3) is 0.182. The number of hydrogen-bond donors (Lipinski definition) is 0. The Morgan fingerprint density at radius 2 is 2.28 bits per heavy atom. The van der Waals surface area contributed by atoms with Gasteiger partial charge in [-0.15, -0.1) is 11.3 Å². The summed E-state index contributed by atoms with van der Waals surface area (Å²) in [5.74, 6) is 0.407. The molecular weight excluding hydrogens is 400 g/mol. The number of hydrogen-bond acceptors (Lipinski definition) is 5. The zero-order valence-electron chi connectivity index (χ0n) is 9.31. The quantitative estimate of drug-likeness (QED) is 0.429. The van der Waals surface area contributed by atoms with Crippen molar-refractivity contribution in [3.05, 3.63) is 37.2 Å². The molecule has 94 valence electrons. The number of aryl methyl sites for hydroxylation is 1. The molecule has 0 amide bonds. The molecule has 18 heavy (non-hydrogen) atoms. The first kappa shape index (κ1) is 14.2. The van der Waals surface area contributed by atoms with Gasteiger partial charge in [0.05, 0.1) is 13.3 Å². The minimum atomic E-state index is 0.0685. The second-order valence-corrected chi connectivity index (χ2v) is 8.12. The summed E-state index contributed by atoms with van der Waals surface area (Å²) >= 11 is 9.59. The Morgan fingerprint density at radius 3 is 2.89 bits per heavy atom. The van der Waals surface area contributed by atoms with Crippen molar-refractivity contribution in [3.8, 4) is 0 Å². The molecule has 0 unspecified atom stereocenters. The molecule has 0 aliphatic carbocycles.